The molecule has 4 aromatic rings. The smallest absolute Gasteiger partial charge is 0.267 e. The summed E-state index contributed by atoms with van der Waals surface area (Å²) in [6.45, 7) is 0. The quantitative estimate of drug-likeness (QED) is 0.318. The molecule has 0 bridgehead atoms. The first kappa shape index (κ1) is 19.1. The van der Waals surface area contributed by atoms with Gasteiger partial charge in [-0.25, -0.2) is 4.98 Å². The Hall–Kier alpha value is -2.88. The maximum absolute atomic E-state index is 13.7. The molecule has 30 heavy (non-hydrogen) atoms. The van der Waals surface area contributed by atoms with Crippen LogP contribution in [0, 0.1) is 11.3 Å². The molecule has 0 radical (unpaired) electrons. The predicted molar refractivity (Wildman–Crippen MR) is 123 cm³/mol. The molecule has 148 valence electrons. The maximum Gasteiger partial charge on any atom is 0.267 e. The van der Waals surface area contributed by atoms with E-state index in [0.717, 1.165) is 40.7 Å². The van der Waals surface area contributed by atoms with Crippen molar-refractivity contribution in [3.8, 4) is 11.8 Å². The Morgan fingerprint density at radius 3 is 2.67 bits per heavy atom. The van der Waals surface area contributed by atoms with Gasteiger partial charge in [0.05, 0.1) is 22.7 Å². The summed E-state index contributed by atoms with van der Waals surface area (Å²) in [6, 6.07) is 19.6. The zero-order chi connectivity index (χ0) is 20.5. The molecule has 6 heteroatoms. The van der Waals surface area contributed by atoms with Crippen LogP contribution < -0.4 is 5.56 Å². The van der Waals surface area contributed by atoms with E-state index in [1.165, 1.54) is 28.6 Å². The fourth-order valence-corrected chi connectivity index (χ4v) is 6.30. The average Bonchev–Trinajstić information content (AvgIpc) is 3.17. The number of thioether (sulfide) groups is 1. The van der Waals surface area contributed by atoms with Gasteiger partial charge in [0.25, 0.3) is 5.56 Å². The van der Waals surface area contributed by atoms with E-state index in [-0.39, 0.29) is 5.56 Å². The summed E-state index contributed by atoms with van der Waals surface area (Å²) in [5.41, 5.74) is 3.65. The molecule has 5 rings (SSSR count). The third-order valence-electron chi connectivity index (χ3n) is 5.47. The van der Waals surface area contributed by atoms with E-state index in [9.17, 15) is 10.1 Å². The third-order valence-corrected chi connectivity index (χ3v) is 7.64. The van der Waals surface area contributed by atoms with Gasteiger partial charge in [-0.1, -0.05) is 48.2 Å². The van der Waals surface area contributed by atoms with Crippen molar-refractivity contribution in [2.45, 2.75) is 36.6 Å². The normalized spacial score (nSPS) is 13.2. The number of thiophene rings is 1. The molecular weight excluding hydrogens is 410 g/mol. The first-order valence-electron chi connectivity index (χ1n) is 10.00. The van der Waals surface area contributed by atoms with E-state index in [0.29, 0.717) is 16.5 Å². The SMILES string of the molecule is N#Cc1ccccc1CSc1nc2sc3c(c2c(=O)n1-c1ccccc1)CCCC3. The van der Waals surface area contributed by atoms with Crippen LogP contribution in [-0.4, -0.2) is 9.55 Å². The van der Waals surface area contributed by atoms with Crippen molar-refractivity contribution < 1.29 is 0 Å². The van der Waals surface area contributed by atoms with Crippen molar-refractivity contribution in [2.24, 2.45) is 0 Å². The number of para-hydroxylation sites is 1. The lowest BCUT2D eigenvalue weighted by atomic mass is 9.97. The Morgan fingerprint density at radius 1 is 1.07 bits per heavy atom. The number of benzene rings is 2. The molecule has 4 nitrogen and oxygen atoms in total. The number of hydrogen-bond acceptors (Lipinski definition) is 5. The van der Waals surface area contributed by atoms with Crippen LogP contribution in [0.3, 0.4) is 0 Å². The van der Waals surface area contributed by atoms with Crippen molar-refractivity contribution >= 4 is 33.3 Å². The van der Waals surface area contributed by atoms with E-state index in [4.69, 9.17) is 4.98 Å². The molecule has 2 aromatic carbocycles. The summed E-state index contributed by atoms with van der Waals surface area (Å²) in [7, 11) is 0. The molecule has 2 aromatic heterocycles. The molecule has 0 spiro atoms. The summed E-state index contributed by atoms with van der Waals surface area (Å²) in [6.07, 6.45) is 4.31. The number of rotatable bonds is 4. The molecule has 0 unspecified atom stereocenters. The second kappa shape index (κ2) is 8.10. The molecule has 2 heterocycles. The Balaban J connectivity index is 1.66. The second-order valence-corrected chi connectivity index (χ2v) is 9.35. The largest absolute Gasteiger partial charge is 0.268 e. The van der Waals surface area contributed by atoms with Crippen LogP contribution in [0.5, 0.6) is 0 Å². The van der Waals surface area contributed by atoms with Gasteiger partial charge in [0.1, 0.15) is 4.83 Å². The van der Waals surface area contributed by atoms with Gasteiger partial charge in [0.2, 0.25) is 0 Å². The van der Waals surface area contributed by atoms with Crippen LogP contribution in [0.1, 0.15) is 34.4 Å². The minimum Gasteiger partial charge on any atom is -0.268 e. The predicted octanol–water partition coefficient (Wildman–Crippen LogP) is 5.49. The molecule has 0 amide bonds. The molecular formula is C24H19N3OS2. The minimum atomic E-state index is 0.0154. The Kier molecular flexibility index (Phi) is 5.16. The first-order chi connectivity index (χ1) is 14.8. The van der Waals surface area contributed by atoms with Crippen molar-refractivity contribution in [1.82, 2.24) is 9.55 Å². The van der Waals surface area contributed by atoms with E-state index < -0.39 is 0 Å². The number of aromatic nitrogens is 2. The molecule has 0 aliphatic heterocycles. The summed E-state index contributed by atoms with van der Waals surface area (Å²) >= 11 is 3.18. The zero-order valence-corrected chi connectivity index (χ0v) is 17.9. The monoisotopic (exact) mass is 429 g/mol. The van der Waals surface area contributed by atoms with Crippen LogP contribution in [0.25, 0.3) is 15.9 Å². The summed E-state index contributed by atoms with van der Waals surface area (Å²) in [5.74, 6) is 0.583. The van der Waals surface area contributed by atoms with Gasteiger partial charge in [-0.2, -0.15) is 5.26 Å². The van der Waals surface area contributed by atoms with E-state index in [1.807, 2.05) is 54.6 Å². The maximum atomic E-state index is 13.7. The Bertz CT molecular complexity index is 1330. The van der Waals surface area contributed by atoms with Crippen molar-refractivity contribution in [2.75, 3.05) is 0 Å². The highest BCUT2D eigenvalue weighted by molar-refractivity contribution is 7.98. The molecule has 0 N–H and O–H groups in total. The summed E-state index contributed by atoms with van der Waals surface area (Å²) in [5, 5.41) is 10.9. The lowest BCUT2D eigenvalue weighted by Gasteiger charge is -2.14. The van der Waals surface area contributed by atoms with Gasteiger partial charge in [-0.05, 0) is 55.0 Å². The number of nitrogens with zero attached hydrogens (tertiary/aromatic N) is 3. The van der Waals surface area contributed by atoms with Crippen LogP contribution in [0.4, 0.5) is 0 Å². The minimum absolute atomic E-state index is 0.0154. The average molecular weight is 430 g/mol. The molecule has 0 atom stereocenters. The van der Waals surface area contributed by atoms with E-state index in [1.54, 1.807) is 15.9 Å². The van der Waals surface area contributed by atoms with Crippen molar-refractivity contribution in [3.05, 3.63) is 86.5 Å². The number of aryl methyl sites for hydroxylation is 2. The van der Waals surface area contributed by atoms with Crippen LogP contribution >= 0.6 is 23.1 Å². The third kappa shape index (κ3) is 3.34. The first-order valence-corrected chi connectivity index (χ1v) is 11.8. The number of nitriles is 1. The molecule has 1 aliphatic rings. The van der Waals surface area contributed by atoms with Gasteiger partial charge < -0.3 is 0 Å². The highest BCUT2D eigenvalue weighted by Gasteiger charge is 2.23. The van der Waals surface area contributed by atoms with Gasteiger partial charge in [-0.3, -0.25) is 9.36 Å². The lowest BCUT2D eigenvalue weighted by molar-refractivity contribution is 0.699. The second-order valence-electron chi connectivity index (χ2n) is 7.32. The van der Waals surface area contributed by atoms with Crippen LogP contribution in [-0.2, 0) is 18.6 Å². The van der Waals surface area contributed by atoms with Crippen molar-refractivity contribution in [3.63, 3.8) is 0 Å². The highest BCUT2D eigenvalue weighted by atomic mass is 32.2. The summed E-state index contributed by atoms with van der Waals surface area (Å²) in [4.78, 5) is 20.8. The van der Waals surface area contributed by atoms with Crippen LogP contribution in [0.15, 0.2) is 64.5 Å². The molecule has 1 aliphatic carbocycles. The highest BCUT2D eigenvalue weighted by Crippen LogP contribution is 2.35. The van der Waals surface area contributed by atoms with Crippen LogP contribution in [0.2, 0.25) is 0 Å². The van der Waals surface area contributed by atoms with E-state index in [2.05, 4.69) is 6.07 Å². The summed E-state index contributed by atoms with van der Waals surface area (Å²) < 4.78 is 1.74. The lowest BCUT2D eigenvalue weighted by Crippen LogP contribution is -2.22. The fourth-order valence-electron chi connectivity index (χ4n) is 3.99. The standard InChI is InChI=1S/C24H19N3OS2/c25-14-16-8-4-5-9-17(16)15-29-24-26-22-21(19-12-6-7-13-20(19)30-22)23(28)27(24)18-10-2-1-3-11-18/h1-5,8-11H,6-7,12-13,15H2. The Labute approximate surface area is 182 Å². The van der Waals surface area contributed by atoms with Gasteiger partial charge in [-0.15, -0.1) is 11.3 Å². The van der Waals surface area contributed by atoms with Gasteiger partial charge >= 0.3 is 0 Å². The number of fused-ring (bicyclic) bond motifs is 3. The topological polar surface area (TPSA) is 58.7 Å². The molecule has 0 fully saturated rings. The van der Waals surface area contributed by atoms with Gasteiger partial charge in [0.15, 0.2) is 5.16 Å². The fraction of sp³-hybridized carbons (Fsp3) is 0.208. The van der Waals surface area contributed by atoms with Crippen molar-refractivity contribution in [1.29, 1.82) is 5.26 Å². The van der Waals surface area contributed by atoms with Gasteiger partial charge in [0, 0.05) is 10.6 Å². The molecule has 0 saturated carbocycles. The van der Waals surface area contributed by atoms with E-state index >= 15 is 0 Å². The zero-order valence-electron chi connectivity index (χ0n) is 16.3. The Morgan fingerprint density at radius 2 is 1.83 bits per heavy atom. The molecule has 0 saturated heterocycles. The number of hydrogen-bond donors (Lipinski definition) is 0.